The summed E-state index contributed by atoms with van der Waals surface area (Å²) in [4.78, 5) is 11.3. The lowest BCUT2D eigenvalue weighted by molar-refractivity contribution is 0.0596. The van der Waals surface area contributed by atoms with E-state index in [1.165, 1.54) is 7.05 Å². The molecule has 0 aliphatic heterocycles. The van der Waals surface area contributed by atoms with Gasteiger partial charge in [0, 0.05) is 12.6 Å². The second-order valence-electron chi connectivity index (χ2n) is 5.27. The van der Waals surface area contributed by atoms with Gasteiger partial charge in [-0.15, -0.1) is 0 Å². The van der Waals surface area contributed by atoms with E-state index in [4.69, 9.17) is 0 Å². The van der Waals surface area contributed by atoms with Gasteiger partial charge in [0.2, 0.25) is 10.0 Å². The number of benzene rings is 1. The molecule has 0 aliphatic rings. The second kappa shape index (κ2) is 6.11. The van der Waals surface area contributed by atoms with Crippen LogP contribution in [-0.2, 0) is 14.8 Å². The predicted molar refractivity (Wildman–Crippen MR) is 77.1 cm³/mol. The van der Waals surface area contributed by atoms with Crippen molar-refractivity contribution >= 4 is 16.0 Å². The van der Waals surface area contributed by atoms with Crippen molar-refractivity contribution < 1.29 is 22.3 Å². The van der Waals surface area contributed by atoms with Gasteiger partial charge in [-0.3, -0.25) is 0 Å². The molecule has 0 N–H and O–H groups in total. The van der Waals surface area contributed by atoms with Crippen LogP contribution in [0.5, 0.6) is 0 Å². The molecule has 0 atom stereocenters. The van der Waals surface area contributed by atoms with Crippen molar-refractivity contribution in [3.63, 3.8) is 0 Å². The number of halogens is 1. The Labute approximate surface area is 124 Å². The smallest absolute Gasteiger partial charge is 0.339 e. The Kier molecular flexibility index (Phi) is 5.11. The maximum absolute atomic E-state index is 13.5. The van der Waals surface area contributed by atoms with Gasteiger partial charge >= 0.3 is 5.97 Å². The molecule has 118 valence electrons. The average molecular weight is 317 g/mol. The van der Waals surface area contributed by atoms with Crippen molar-refractivity contribution in [3.8, 4) is 0 Å². The summed E-state index contributed by atoms with van der Waals surface area (Å²) in [7, 11) is -1.48. The van der Waals surface area contributed by atoms with Crippen LogP contribution in [0.2, 0.25) is 0 Å². The number of methoxy groups -OCH3 is 1. The number of carbonyl (C=O) groups excluding carboxylic acids is 1. The van der Waals surface area contributed by atoms with Gasteiger partial charge in [-0.1, -0.05) is 6.92 Å². The highest BCUT2D eigenvalue weighted by atomic mass is 32.2. The molecule has 21 heavy (non-hydrogen) atoms. The molecule has 0 radical (unpaired) electrons. The zero-order valence-corrected chi connectivity index (χ0v) is 13.6. The van der Waals surface area contributed by atoms with E-state index in [0.29, 0.717) is 6.42 Å². The van der Waals surface area contributed by atoms with E-state index in [0.717, 1.165) is 29.6 Å². The first-order valence-electron chi connectivity index (χ1n) is 6.45. The van der Waals surface area contributed by atoms with Crippen LogP contribution in [0.25, 0.3) is 0 Å². The Hall–Kier alpha value is -1.47. The molecule has 0 aromatic heterocycles. The Balaban J connectivity index is 3.51. The van der Waals surface area contributed by atoms with Crippen molar-refractivity contribution in [2.24, 2.45) is 0 Å². The first kappa shape index (κ1) is 17.6. The molecular weight excluding hydrogens is 297 g/mol. The fraction of sp³-hybridized carbons (Fsp3) is 0.500. The standard InChI is InChI=1S/C14H20FNO4S/c1-6-14(2,3)16(4)21(18,19)12-9-10(15)7-8-11(12)13(17)20-5/h7-9H,6H2,1-5H3. The molecule has 1 rings (SSSR count). The molecule has 0 spiro atoms. The van der Waals surface area contributed by atoms with E-state index < -0.39 is 32.2 Å². The first-order valence-corrected chi connectivity index (χ1v) is 7.89. The van der Waals surface area contributed by atoms with Crippen molar-refractivity contribution in [1.82, 2.24) is 4.31 Å². The van der Waals surface area contributed by atoms with E-state index >= 15 is 0 Å². The van der Waals surface area contributed by atoms with E-state index in [9.17, 15) is 17.6 Å². The second-order valence-corrected chi connectivity index (χ2v) is 7.21. The van der Waals surface area contributed by atoms with Gasteiger partial charge in [0.05, 0.1) is 17.6 Å². The van der Waals surface area contributed by atoms with Crippen LogP contribution in [-0.4, -0.2) is 38.4 Å². The number of carbonyl (C=O) groups is 1. The largest absolute Gasteiger partial charge is 0.465 e. The monoisotopic (exact) mass is 317 g/mol. The molecule has 1 aromatic rings. The number of hydrogen-bond donors (Lipinski definition) is 0. The lowest BCUT2D eigenvalue weighted by Crippen LogP contribution is -2.44. The molecule has 0 unspecified atom stereocenters. The molecular formula is C14H20FNO4S. The van der Waals surface area contributed by atoms with Crippen molar-refractivity contribution in [2.45, 2.75) is 37.6 Å². The van der Waals surface area contributed by atoms with Gasteiger partial charge in [-0.2, -0.15) is 4.31 Å². The summed E-state index contributed by atoms with van der Waals surface area (Å²) in [5.41, 5.74) is -0.851. The highest BCUT2D eigenvalue weighted by Gasteiger charge is 2.35. The van der Waals surface area contributed by atoms with E-state index in [1.54, 1.807) is 13.8 Å². The molecule has 0 aliphatic carbocycles. The summed E-state index contributed by atoms with van der Waals surface area (Å²) in [6.45, 7) is 5.35. The SMILES string of the molecule is CCC(C)(C)N(C)S(=O)(=O)c1cc(F)ccc1C(=O)OC. The lowest BCUT2D eigenvalue weighted by Gasteiger charge is -2.34. The summed E-state index contributed by atoms with van der Waals surface area (Å²) in [5, 5.41) is 0. The molecule has 5 nitrogen and oxygen atoms in total. The number of hydrogen-bond acceptors (Lipinski definition) is 4. The van der Waals surface area contributed by atoms with E-state index in [-0.39, 0.29) is 5.56 Å². The van der Waals surface area contributed by atoms with Crippen LogP contribution in [0.3, 0.4) is 0 Å². The van der Waals surface area contributed by atoms with Gasteiger partial charge < -0.3 is 4.74 Å². The molecule has 7 heteroatoms. The maximum atomic E-state index is 13.5. The minimum absolute atomic E-state index is 0.183. The minimum Gasteiger partial charge on any atom is -0.465 e. The van der Waals surface area contributed by atoms with Crippen molar-refractivity contribution in [1.29, 1.82) is 0 Å². The summed E-state index contributed by atoms with van der Waals surface area (Å²) < 4.78 is 44.5. The zero-order valence-electron chi connectivity index (χ0n) is 12.8. The highest BCUT2D eigenvalue weighted by Crippen LogP contribution is 2.28. The summed E-state index contributed by atoms with van der Waals surface area (Å²) >= 11 is 0. The fourth-order valence-electron chi connectivity index (χ4n) is 1.68. The van der Waals surface area contributed by atoms with Crippen LogP contribution >= 0.6 is 0 Å². The Morgan fingerprint density at radius 1 is 1.38 bits per heavy atom. The van der Waals surface area contributed by atoms with Crippen LogP contribution in [0.4, 0.5) is 4.39 Å². The van der Waals surface area contributed by atoms with Crippen LogP contribution in [0, 0.1) is 5.82 Å². The number of esters is 1. The van der Waals surface area contributed by atoms with Crippen LogP contribution in [0.1, 0.15) is 37.6 Å². The van der Waals surface area contributed by atoms with Crippen LogP contribution < -0.4 is 0 Å². The number of rotatable bonds is 5. The number of nitrogens with zero attached hydrogens (tertiary/aromatic N) is 1. The van der Waals surface area contributed by atoms with Crippen molar-refractivity contribution in [2.75, 3.05) is 14.2 Å². The van der Waals surface area contributed by atoms with Gasteiger partial charge in [0.1, 0.15) is 5.82 Å². The third-order valence-corrected chi connectivity index (χ3v) is 5.81. The van der Waals surface area contributed by atoms with Gasteiger partial charge in [-0.25, -0.2) is 17.6 Å². The summed E-state index contributed by atoms with van der Waals surface area (Å²) in [6, 6.07) is 2.97. The summed E-state index contributed by atoms with van der Waals surface area (Å²) in [6.07, 6.45) is 0.561. The minimum atomic E-state index is -4.02. The van der Waals surface area contributed by atoms with Gasteiger partial charge in [0.25, 0.3) is 0 Å². The Bertz CT molecular complexity index is 640. The first-order chi connectivity index (χ1) is 9.57. The molecule has 0 heterocycles. The Morgan fingerprint density at radius 2 is 1.95 bits per heavy atom. The van der Waals surface area contributed by atoms with E-state index in [2.05, 4.69) is 4.74 Å². The van der Waals surface area contributed by atoms with Crippen molar-refractivity contribution in [3.05, 3.63) is 29.6 Å². The summed E-state index contributed by atoms with van der Waals surface area (Å²) in [5.74, 6) is -1.56. The highest BCUT2D eigenvalue weighted by molar-refractivity contribution is 7.89. The fourth-order valence-corrected chi connectivity index (χ4v) is 3.45. The Morgan fingerprint density at radius 3 is 2.43 bits per heavy atom. The quantitative estimate of drug-likeness (QED) is 0.782. The van der Waals surface area contributed by atoms with Crippen LogP contribution in [0.15, 0.2) is 23.1 Å². The topological polar surface area (TPSA) is 63.7 Å². The predicted octanol–water partition coefficient (Wildman–Crippen LogP) is 2.42. The average Bonchev–Trinajstić information content (AvgIpc) is 2.45. The molecule has 0 bridgehead atoms. The molecule has 0 amide bonds. The third kappa shape index (κ3) is 3.41. The molecule has 0 saturated carbocycles. The zero-order chi connectivity index (χ0) is 16.4. The molecule has 0 fully saturated rings. The van der Waals surface area contributed by atoms with E-state index in [1.807, 2.05) is 6.92 Å². The molecule has 1 aromatic carbocycles. The maximum Gasteiger partial charge on any atom is 0.339 e. The normalized spacial score (nSPS) is 12.5. The third-order valence-electron chi connectivity index (χ3n) is 3.71. The molecule has 0 saturated heterocycles. The van der Waals surface area contributed by atoms with Gasteiger partial charge in [-0.05, 0) is 38.5 Å². The lowest BCUT2D eigenvalue weighted by atomic mass is 10.0. The van der Waals surface area contributed by atoms with Gasteiger partial charge in [0.15, 0.2) is 0 Å². The number of sulfonamides is 1. The number of ether oxygens (including phenoxy) is 1.